The highest BCUT2D eigenvalue weighted by Gasteiger charge is 2.19. The van der Waals surface area contributed by atoms with E-state index < -0.39 is 10.0 Å². The zero-order valence-electron chi connectivity index (χ0n) is 13.4. The lowest BCUT2D eigenvalue weighted by molar-refractivity contribution is -0.906. The van der Waals surface area contributed by atoms with Crippen LogP contribution in [0.3, 0.4) is 0 Å². The van der Waals surface area contributed by atoms with Gasteiger partial charge in [-0.2, -0.15) is 0 Å². The molecular weight excluding hydrogens is 364 g/mol. The molecule has 1 aliphatic rings. The van der Waals surface area contributed by atoms with Crippen molar-refractivity contribution in [2.75, 3.05) is 26.2 Å². The number of hydrogen-bond acceptors (Lipinski definition) is 2. The largest absolute Gasteiger partial charge is 0.335 e. The van der Waals surface area contributed by atoms with Gasteiger partial charge in [0.05, 0.1) is 24.5 Å². The van der Waals surface area contributed by atoms with Crippen molar-refractivity contribution < 1.29 is 13.3 Å². The number of piperidine rings is 1. The molecule has 0 saturated carbocycles. The number of sulfonamides is 1. The van der Waals surface area contributed by atoms with E-state index in [1.54, 1.807) is 23.1 Å². The standard InChI is InChI=1S/C16H25BrN2O2S/c1-13-6-10-19(11-7-13)9-3-8-18-22(20,21)15-4-5-16(17)14(2)12-15/h4-5,12-13,18H,3,6-11H2,1-2H3/p+1. The molecule has 1 aliphatic heterocycles. The molecule has 2 N–H and O–H groups in total. The minimum absolute atomic E-state index is 0.340. The first kappa shape index (κ1) is 17.9. The summed E-state index contributed by atoms with van der Waals surface area (Å²) in [7, 11) is -3.39. The third kappa shape index (κ3) is 5.05. The number of halogens is 1. The van der Waals surface area contributed by atoms with Gasteiger partial charge in [0, 0.05) is 17.4 Å². The molecule has 1 saturated heterocycles. The second-order valence-corrected chi connectivity index (χ2v) is 8.97. The number of hydrogen-bond donors (Lipinski definition) is 2. The van der Waals surface area contributed by atoms with Crippen LogP contribution in [0.5, 0.6) is 0 Å². The highest BCUT2D eigenvalue weighted by atomic mass is 79.9. The summed E-state index contributed by atoms with van der Waals surface area (Å²) in [4.78, 5) is 1.95. The van der Waals surface area contributed by atoms with Gasteiger partial charge in [0.1, 0.15) is 0 Å². The van der Waals surface area contributed by atoms with E-state index in [2.05, 4.69) is 27.6 Å². The Labute approximate surface area is 142 Å². The molecule has 1 aromatic carbocycles. The molecule has 1 aromatic rings. The third-order valence-electron chi connectivity index (χ3n) is 4.42. The second-order valence-electron chi connectivity index (χ2n) is 6.34. The SMILES string of the molecule is Cc1cc(S(=O)(=O)NCCC[NH+]2CCC(C)CC2)ccc1Br. The molecule has 0 unspecified atom stereocenters. The van der Waals surface area contributed by atoms with Gasteiger partial charge in [0.15, 0.2) is 0 Å². The Hall–Kier alpha value is -0.430. The Morgan fingerprint density at radius 2 is 2.00 bits per heavy atom. The fourth-order valence-electron chi connectivity index (χ4n) is 2.83. The lowest BCUT2D eigenvalue weighted by Gasteiger charge is -2.27. The van der Waals surface area contributed by atoms with Gasteiger partial charge < -0.3 is 4.90 Å². The van der Waals surface area contributed by atoms with Crippen LogP contribution >= 0.6 is 15.9 Å². The van der Waals surface area contributed by atoms with E-state index in [4.69, 9.17) is 0 Å². The molecule has 0 spiro atoms. The fraction of sp³-hybridized carbons (Fsp3) is 0.625. The van der Waals surface area contributed by atoms with Crippen molar-refractivity contribution in [1.29, 1.82) is 0 Å². The molecule has 0 bridgehead atoms. The lowest BCUT2D eigenvalue weighted by atomic mass is 9.99. The number of likely N-dealkylation sites (tertiary alicyclic amines) is 1. The fourth-order valence-corrected chi connectivity index (χ4v) is 4.24. The summed E-state index contributed by atoms with van der Waals surface area (Å²) in [5.41, 5.74) is 0.926. The highest BCUT2D eigenvalue weighted by molar-refractivity contribution is 9.10. The van der Waals surface area contributed by atoms with Crippen LogP contribution in [0.4, 0.5) is 0 Å². The Balaban J connectivity index is 1.79. The van der Waals surface area contributed by atoms with Gasteiger partial charge in [-0.3, -0.25) is 0 Å². The first-order chi connectivity index (χ1) is 10.4. The maximum Gasteiger partial charge on any atom is 0.240 e. The molecule has 0 amide bonds. The van der Waals surface area contributed by atoms with Gasteiger partial charge in [-0.15, -0.1) is 0 Å². The quantitative estimate of drug-likeness (QED) is 0.728. The van der Waals surface area contributed by atoms with Crippen LogP contribution in [-0.2, 0) is 10.0 Å². The average molecular weight is 390 g/mol. The first-order valence-corrected chi connectivity index (χ1v) is 10.3. The zero-order chi connectivity index (χ0) is 16.2. The van der Waals surface area contributed by atoms with Crippen LogP contribution in [-0.4, -0.2) is 34.6 Å². The number of nitrogens with one attached hydrogen (secondary N) is 2. The van der Waals surface area contributed by atoms with E-state index in [1.165, 1.54) is 25.9 Å². The van der Waals surface area contributed by atoms with E-state index in [1.807, 2.05) is 6.92 Å². The van der Waals surface area contributed by atoms with Crippen molar-refractivity contribution in [3.63, 3.8) is 0 Å². The van der Waals surface area contributed by atoms with Gasteiger partial charge in [0.2, 0.25) is 10.0 Å². The van der Waals surface area contributed by atoms with Gasteiger partial charge in [-0.25, -0.2) is 13.1 Å². The molecule has 1 fully saturated rings. The molecular formula is C16H26BrN2O2S+. The predicted molar refractivity (Wildman–Crippen MR) is 92.6 cm³/mol. The topological polar surface area (TPSA) is 50.6 Å². The van der Waals surface area contributed by atoms with E-state index >= 15 is 0 Å². The number of benzene rings is 1. The number of rotatable bonds is 6. The third-order valence-corrected chi connectivity index (χ3v) is 6.77. The number of aryl methyl sites for hydroxylation is 1. The van der Waals surface area contributed by atoms with Crippen LogP contribution in [0.25, 0.3) is 0 Å². The molecule has 0 radical (unpaired) electrons. The zero-order valence-corrected chi connectivity index (χ0v) is 15.8. The van der Waals surface area contributed by atoms with Gasteiger partial charge in [0.25, 0.3) is 0 Å². The molecule has 0 aliphatic carbocycles. The monoisotopic (exact) mass is 389 g/mol. The first-order valence-electron chi connectivity index (χ1n) is 7.98. The molecule has 1 heterocycles. The van der Waals surface area contributed by atoms with Crippen LogP contribution in [0, 0.1) is 12.8 Å². The maximum atomic E-state index is 12.3. The van der Waals surface area contributed by atoms with Gasteiger partial charge >= 0.3 is 0 Å². The maximum absolute atomic E-state index is 12.3. The molecule has 6 heteroatoms. The molecule has 22 heavy (non-hydrogen) atoms. The Bertz CT molecular complexity index is 596. The summed E-state index contributed by atoms with van der Waals surface area (Å²) in [6, 6.07) is 5.11. The second kappa shape index (κ2) is 7.90. The van der Waals surface area contributed by atoms with E-state index in [9.17, 15) is 8.42 Å². The smallest absolute Gasteiger partial charge is 0.240 e. The minimum atomic E-state index is -3.39. The summed E-state index contributed by atoms with van der Waals surface area (Å²) in [6.07, 6.45) is 3.47. The number of quaternary nitrogens is 1. The van der Waals surface area contributed by atoms with Crippen LogP contribution < -0.4 is 9.62 Å². The summed E-state index contributed by atoms with van der Waals surface area (Å²) in [6.45, 7) is 8.21. The van der Waals surface area contributed by atoms with Crippen LogP contribution in [0.15, 0.2) is 27.6 Å². The van der Waals surface area contributed by atoms with Crippen molar-refractivity contribution in [2.45, 2.75) is 38.0 Å². The molecule has 4 nitrogen and oxygen atoms in total. The summed E-state index contributed by atoms with van der Waals surface area (Å²) < 4.78 is 28.2. The Morgan fingerprint density at radius 1 is 1.32 bits per heavy atom. The lowest BCUT2D eigenvalue weighted by Crippen LogP contribution is -3.13. The van der Waals surface area contributed by atoms with Crippen molar-refractivity contribution in [3.8, 4) is 0 Å². The van der Waals surface area contributed by atoms with Crippen molar-refractivity contribution in [3.05, 3.63) is 28.2 Å². The van der Waals surface area contributed by atoms with Crippen molar-refractivity contribution in [1.82, 2.24) is 4.72 Å². The minimum Gasteiger partial charge on any atom is -0.335 e. The van der Waals surface area contributed by atoms with E-state index in [0.717, 1.165) is 28.9 Å². The van der Waals surface area contributed by atoms with Gasteiger partial charge in [-0.05, 0) is 49.4 Å². The molecule has 124 valence electrons. The van der Waals surface area contributed by atoms with Crippen LogP contribution in [0.1, 0.15) is 31.7 Å². The summed E-state index contributed by atoms with van der Waals surface area (Å²) in [5, 5.41) is 0. The van der Waals surface area contributed by atoms with E-state index in [-0.39, 0.29) is 0 Å². The van der Waals surface area contributed by atoms with Gasteiger partial charge in [-0.1, -0.05) is 22.9 Å². The predicted octanol–water partition coefficient (Wildman–Crippen LogP) is 1.74. The van der Waals surface area contributed by atoms with E-state index in [0.29, 0.717) is 11.4 Å². The summed E-state index contributed by atoms with van der Waals surface area (Å²) in [5.74, 6) is 0.850. The normalized spacial score (nSPS) is 22.7. The Kier molecular flexibility index (Phi) is 6.44. The Morgan fingerprint density at radius 3 is 2.64 bits per heavy atom. The molecule has 2 rings (SSSR count). The highest BCUT2D eigenvalue weighted by Crippen LogP contribution is 2.19. The molecule has 0 atom stereocenters. The molecule has 0 aromatic heterocycles. The van der Waals surface area contributed by atoms with Crippen molar-refractivity contribution in [2.24, 2.45) is 5.92 Å². The summed E-state index contributed by atoms with van der Waals surface area (Å²) >= 11 is 3.39. The average Bonchev–Trinajstić information content (AvgIpc) is 2.48. The van der Waals surface area contributed by atoms with Crippen molar-refractivity contribution >= 4 is 26.0 Å². The van der Waals surface area contributed by atoms with Crippen LogP contribution in [0.2, 0.25) is 0 Å².